The Morgan fingerprint density at radius 3 is 2.70 bits per heavy atom. The van der Waals surface area contributed by atoms with E-state index < -0.39 is 0 Å². The second-order valence-corrected chi connectivity index (χ2v) is 4.81. The molecule has 1 N–H and O–H groups in total. The molecule has 0 aliphatic carbocycles. The number of ether oxygens (including phenoxy) is 2. The summed E-state index contributed by atoms with van der Waals surface area (Å²) in [4.78, 5) is 11.7. The van der Waals surface area contributed by atoms with Crippen molar-refractivity contribution in [1.29, 1.82) is 5.26 Å². The molecule has 5 heteroatoms. The fraction of sp³-hybridized carbons (Fsp3) is 0.467. The number of benzene rings is 1. The van der Waals surface area contributed by atoms with E-state index in [0.717, 1.165) is 26.1 Å². The summed E-state index contributed by atoms with van der Waals surface area (Å²) in [6.45, 7) is 2.22. The number of nitriles is 1. The third-order valence-electron chi connectivity index (χ3n) is 3.23. The number of carbonyl (C=O) groups is 1. The molecule has 106 valence electrons. The van der Waals surface area contributed by atoms with Crippen LogP contribution in [0.2, 0.25) is 0 Å². The molecule has 1 fully saturated rings. The highest BCUT2D eigenvalue weighted by Crippen LogP contribution is 2.14. The van der Waals surface area contributed by atoms with Crippen molar-refractivity contribution >= 4 is 11.6 Å². The van der Waals surface area contributed by atoms with Crippen molar-refractivity contribution in [1.82, 2.24) is 0 Å². The number of nitrogens with zero attached hydrogens (tertiary/aromatic N) is 1. The minimum Gasteiger partial charge on any atom is -0.381 e. The average Bonchev–Trinajstić information content (AvgIpc) is 2.49. The molecule has 0 spiro atoms. The molecule has 0 radical (unpaired) electrons. The molecule has 0 bridgehead atoms. The third kappa shape index (κ3) is 4.65. The number of amides is 1. The molecule has 0 saturated carbocycles. The van der Waals surface area contributed by atoms with Gasteiger partial charge in [0.05, 0.1) is 18.2 Å². The smallest absolute Gasteiger partial charge is 0.250 e. The van der Waals surface area contributed by atoms with Gasteiger partial charge in [-0.25, -0.2) is 0 Å². The summed E-state index contributed by atoms with van der Waals surface area (Å²) in [6.07, 6.45) is 1.99. The van der Waals surface area contributed by atoms with E-state index in [1.807, 2.05) is 6.07 Å². The van der Waals surface area contributed by atoms with Gasteiger partial charge in [0.15, 0.2) is 0 Å². The Morgan fingerprint density at radius 1 is 1.35 bits per heavy atom. The van der Waals surface area contributed by atoms with E-state index in [1.165, 1.54) is 0 Å². The van der Waals surface area contributed by atoms with Gasteiger partial charge in [-0.15, -0.1) is 0 Å². The maximum absolute atomic E-state index is 11.7. The molecule has 20 heavy (non-hydrogen) atoms. The van der Waals surface area contributed by atoms with Crippen molar-refractivity contribution in [3.05, 3.63) is 29.8 Å². The van der Waals surface area contributed by atoms with Gasteiger partial charge in [-0.3, -0.25) is 4.79 Å². The van der Waals surface area contributed by atoms with Gasteiger partial charge in [-0.05, 0) is 43.0 Å². The van der Waals surface area contributed by atoms with Gasteiger partial charge in [0.25, 0.3) is 0 Å². The highest BCUT2D eigenvalue weighted by atomic mass is 16.5. The van der Waals surface area contributed by atoms with Crippen LogP contribution in [0.5, 0.6) is 0 Å². The van der Waals surface area contributed by atoms with Crippen LogP contribution in [0.3, 0.4) is 0 Å². The van der Waals surface area contributed by atoms with E-state index in [2.05, 4.69) is 5.32 Å². The van der Waals surface area contributed by atoms with Crippen LogP contribution in [0, 0.1) is 17.2 Å². The molecule has 0 aromatic heterocycles. The van der Waals surface area contributed by atoms with Gasteiger partial charge in [0.1, 0.15) is 6.61 Å². The van der Waals surface area contributed by atoms with Crippen LogP contribution in [-0.4, -0.2) is 32.3 Å². The standard InChI is InChI=1S/C15H18N2O3/c16-9-12-1-3-14(4-2-12)17-15(18)11-20-10-13-5-7-19-8-6-13/h1-4,13H,5-8,10-11H2,(H,17,18). The Balaban J connectivity index is 1.68. The molecule has 2 rings (SSSR count). The molecule has 0 atom stereocenters. The summed E-state index contributed by atoms with van der Waals surface area (Å²) < 4.78 is 10.7. The second kappa shape index (κ2) is 7.63. The summed E-state index contributed by atoms with van der Waals surface area (Å²) in [5, 5.41) is 11.4. The fourth-order valence-electron chi connectivity index (χ4n) is 2.06. The Kier molecular flexibility index (Phi) is 5.54. The average molecular weight is 274 g/mol. The lowest BCUT2D eigenvalue weighted by Gasteiger charge is -2.21. The van der Waals surface area contributed by atoms with Crippen molar-refractivity contribution in [2.45, 2.75) is 12.8 Å². The predicted octanol–water partition coefficient (Wildman–Crippen LogP) is 1.94. The van der Waals surface area contributed by atoms with Gasteiger partial charge in [-0.2, -0.15) is 5.26 Å². The van der Waals surface area contributed by atoms with Crippen LogP contribution < -0.4 is 5.32 Å². The van der Waals surface area contributed by atoms with Crippen LogP contribution in [0.15, 0.2) is 24.3 Å². The molecular weight excluding hydrogens is 256 g/mol. The van der Waals surface area contributed by atoms with Gasteiger partial charge in [0.2, 0.25) is 5.91 Å². The quantitative estimate of drug-likeness (QED) is 0.890. The Morgan fingerprint density at radius 2 is 2.05 bits per heavy atom. The van der Waals surface area contributed by atoms with Gasteiger partial charge in [-0.1, -0.05) is 0 Å². The van der Waals surface area contributed by atoms with E-state index in [9.17, 15) is 4.79 Å². The Hall–Kier alpha value is -1.90. The predicted molar refractivity (Wildman–Crippen MR) is 74.1 cm³/mol. The number of rotatable bonds is 5. The summed E-state index contributed by atoms with van der Waals surface area (Å²) in [5.74, 6) is 0.313. The van der Waals surface area contributed by atoms with E-state index in [-0.39, 0.29) is 12.5 Å². The van der Waals surface area contributed by atoms with Gasteiger partial charge < -0.3 is 14.8 Å². The number of nitrogens with one attached hydrogen (secondary N) is 1. The highest BCUT2D eigenvalue weighted by molar-refractivity contribution is 5.91. The SMILES string of the molecule is N#Cc1ccc(NC(=O)COCC2CCOCC2)cc1. The maximum Gasteiger partial charge on any atom is 0.250 e. The molecule has 1 aliphatic heterocycles. The minimum atomic E-state index is -0.179. The minimum absolute atomic E-state index is 0.0529. The van der Waals surface area contributed by atoms with Crippen LogP contribution in [0.25, 0.3) is 0 Å². The number of hydrogen-bond donors (Lipinski definition) is 1. The molecule has 0 unspecified atom stereocenters. The Bertz CT molecular complexity index is 473. The van der Waals surface area contributed by atoms with Crippen molar-refractivity contribution < 1.29 is 14.3 Å². The molecular formula is C15H18N2O3. The second-order valence-electron chi connectivity index (χ2n) is 4.81. The van der Waals surface area contributed by atoms with Crippen LogP contribution in [0.4, 0.5) is 5.69 Å². The zero-order chi connectivity index (χ0) is 14.2. The maximum atomic E-state index is 11.7. The third-order valence-corrected chi connectivity index (χ3v) is 3.23. The summed E-state index contributed by atoms with van der Waals surface area (Å²) >= 11 is 0. The normalized spacial score (nSPS) is 15.6. The zero-order valence-electron chi connectivity index (χ0n) is 11.3. The first-order valence-electron chi connectivity index (χ1n) is 6.73. The van der Waals surface area contributed by atoms with Crippen molar-refractivity contribution in [3.8, 4) is 6.07 Å². The molecule has 1 aliphatic rings. The van der Waals surface area contributed by atoms with Gasteiger partial charge in [0, 0.05) is 18.9 Å². The van der Waals surface area contributed by atoms with Crippen molar-refractivity contribution in [2.24, 2.45) is 5.92 Å². The summed E-state index contributed by atoms with van der Waals surface area (Å²) in [7, 11) is 0. The van der Waals surface area contributed by atoms with Crippen LogP contribution in [-0.2, 0) is 14.3 Å². The first kappa shape index (κ1) is 14.5. The fourth-order valence-corrected chi connectivity index (χ4v) is 2.06. The van der Waals surface area contributed by atoms with Crippen molar-refractivity contribution in [3.63, 3.8) is 0 Å². The summed E-state index contributed by atoms with van der Waals surface area (Å²) in [5.41, 5.74) is 1.24. The number of carbonyl (C=O) groups excluding carboxylic acids is 1. The molecule has 1 aromatic rings. The first-order chi connectivity index (χ1) is 9.78. The van der Waals surface area contributed by atoms with E-state index >= 15 is 0 Å². The van der Waals surface area contributed by atoms with Crippen molar-refractivity contribution in [2.75, 3.05) is 31.7 Å². The lowest BCUT2D eigenvalue weighted by molar-refractivity contribution is -0.121. The Labute approximate surface area is 118 Å². The van der Waals surface area contributed by atoms with Crippen LogP contribution >= 0.6 is 0 Å². The zero-order valence-corrected chi connectivity index (χ0v) is 11.3. The number of hydrogen-bond acceptors (Lipinski definition) is 4. The van der Waals surface area contributed by atoms with Crippen LogP contribution in [0.1, 0.15) is 18.4 Å². The first-order valence-corrected chi connectivity index (χ1v) is 6.73. The molecule has 5 nitrogen and oxygen atoms in total. The monoisotopic (exact) mass is 274 g/mol. The number of anilines is 1. The molecule has 1 aromatic carbocycles. The lowest BCUT2D eigenvalue weighted by Crippen LogP contribution is -2.24. The highest BCUT2D eigenvalue weighted by Gasteiger charge is 2.14. The topological polar surface area (TPSA) is 71.4 Å². The molecule has 1 heterocycles. The summed E-state index contributed by atoms with van der Waals surface area (Å²) in [6, 6.07) is 8.77. The lowest BCUT2D eigenvalue weighted by atomic mass is 10.0. The van der Waals surface area contributed by atoms with Gasteiger partial charge >= 0.3 is 0 Å². The molecule has 1 amide bonds. The van der Waals surface area contributed by atoms with E-state index in [0.29, 0.717) is 23.8 Å². The van der Waals surface area contributed by atoms with E-state index in [4.69, 9.17) is 14.7 Å². The largest absolute Gasteiger partial charge is 0.381 e. The molecule has 1 saturated heterocycles. The van der Waals surface area contributed by atoms with E-state index in [1.54, 1.807) is 24.3 Å².